The Morgan fingerprint density at radius 1 is 1.13 bits per heavy atom. The topological polar surface area (TPSA) is 81.4 Å². The van der Waals surface area contributed by atoms with Gasteiger partial charge in [0.25, 0.3) is 5.91 Å². The monoisotopic (exact) mass is 312 g/mol. The van der Waals surface area contributed by atoms with E-state index in [4.69, 9.17) is 10.5 Å². The summed E-state index contributed by atoms with van der Waals surface area (Å²) < 4.78 is 5.72. The van der Waals surface area contributed by atoms with E-state index in [9.17, 15) is 9.59 Å². The van der Waals surface area contributed by atoms with Gasteiger partial charge in [0.2, 0.25) is 5.91 Å². The van der Waals surface area contributed by atoms with Crippen LogP contribution < -0.4 is 15.8 Å². The molecule has 23 heavy (non-hydrogen) atoms. The normalized spacial score (nSPS) is 11.6. The van der Waals surface area contributed by atoms with Gasteiger partial charge in [-0.2, -0.15) is 0 Å². The molecule has 2 amide bonds. The van der Waals surface area contributed by atoms with Crippen LogP contribution in [0.2, 0.25) is 0 Å². The van der Waals surface area contributed by atoms with Crippen molar-refractivity contribution in [3.8, 4) is 5.75 Å². The van der Waals surface area contributed by atoms with Crippen LogP contribution in [0.4, 0.5) is 5.69 Å². The van der Waals surface area contributed by atoms with Crippen LogP contribution >= 0.6 is 0 Å². The Labute approximate surface area is 135 Å². The Morgan fingerprint density at radius 2 is 1.83 bits per heavy atom. The molecule has 5 nitrogen and oxygen atoms in total. The molecule has 1 atom stereocenters. The lowest BCUT2D eigenvalue weighted by atomic mass is 10.1. The van der Waals surface area contributed by atoms with Crippen molar-refractivity contribution < 1.29 is 14.3 Å². The van der Waals surface area contributed by atoms with E-state index >= 15 is 0 Å². The van der Waals surface area contributed by atoms with E-state index in [0.717, 1.165) is 6.42 Å². The lowest BCUT2D eigenvalue weighted by Gasteiger charge is -2.13. The van der Waals surface area contributed by atoms with Crippen molar-refractivity contribution in [2.24, 2.45) is 5.73 Å². The molecule has 0 fully saturated rings. The third-order valence-electron chi connectivity index (χ3n) is 3.44. The minimum atomic E-state index is -0.502. The summed E-state index contributed by atoms with van der Waals surface area (Å²) in [5, 5.41) is 2.77. The number of ether oxygens (including phenoxy) is 1. The van der Waals surface area contributed by atoms with Crippen molar-refractivity contribution in [2.45, 2.75) is 26.4 Å². The molecule has 0 aliphatic heterocycles. The van der Waals surface area contributed by atoms with Gasteiger partial charge >= 0.3 is 0 Å². The number of nitrogens with one attached hydrogen (secondary N) is 1. The molecule has 3 N–H and O–H groups in total. The van der Waals surface area contributed by atoms with Gasteiger partial charge in [0.05, 0.1) is 6.10 Å². The van der Waals surface area contributed by atoms with Gasteiger partial charge in [-0.25, -0.2) is 0 Å². The van der Waals surface area contributed by atoms with Gasteiger partial charge in [-0.15, -0.1) is 0 Å². The fourth-order valence-corrected chi connectivity index (χ4v) is 1.95. The Morgan fingerprint density at radius 3 is 2.43 bits per heavy atom. The summed E-state index contributed by atoms with van der Waals surface area (Å²) in [6.07, 6.45) is 0.984. The maximum Gasteiger partial charge on any atom is 0.255 e. The van der Waals surface area contributed by atoms with Crippen molar-refractivity contribution in [2.75, 3.05) is 5.32 Å². The summed E-state index contributed by atoms with van der Waals surface area (Å²) in [6.45, 7) is 4.02. The SMILES string of the molecule is CCC(C)Oc1cccc(C(=O)Nc2ccc(C(N)=O)cc2)c1. The van der Waals surface area contributed by atoms with E-state index in [2.05, 4.69) is 5.32 Å². The molecule has 2 rings (SSSR count). The van der Waals surface area contributed by atoms with Crippen LogP contribution in [-0.2, 0) is 0 Å². The second-order valence-corrected chi connectivity index (χ2v) is 5.26. The summed E-state index contributed by atoms with van der Waals surface area (Å²) in [7, 11) is 0. The van der Waals surface area contributed by atoms with Crippen LogP contribution in [0, 0.1) is 0 Å². The smallest absolute Gasteiger partial charge is 0.255 e. The molecule has 0 bridgehead atoms. The predicted molar refractivity (Wildman–Crippen MR) is 89.7 cm³/mol. The number of carbonyl (C=O) groups is 2. The number of carbonyl (C=O) groups excluding carboxylic acids is 2. The molecule has 1 unspecified atom stereocenters. The number of amides is 2. The predicted octanol–water partition coefficient (Wildman–Crippen LogP) is 3.22. The highest BCUT2D eigenvalue weighted by atomic mass is 16.5. The molecule has 0 aliphatic carbocycles. The van der Waals surface area contributed by atoms with Crippen molar-refractivity contribution in [3.63, 3.8) is 0 Å². The summed E-state index contributed by atoms with van der Waals surface area (Å²) >= 11 is 0. The summed E-state index contributed by atoms with van der Waals surface area (Å²) in [5.41, 5.74) is 6.67. The first-order valence-corrected chi connectivity index (χ1v) is 7.47. The second-order valence-electron chi connectivity index (χ2n) is 5.26. The largest absolute Gasteiger partial charge is 0.491 e. The van der Waals surface area contributed by atoms with Gasteiger partial charge in [-0.05, 0) is 55.8 Å². The van der Waals surface area contributed by atoms with Crippen molar-refractivity contribution in [1.82, 2.24) is 0 Å². The zero-order chi connectivity index (χ0) is 16.8. The van der Waals surface area contributed by atoms with Crippen molar-refractivity contribution >= 4 is 17.5 Å². The quantitative estimate of drug-likeness (QED) is 0.859. The molecule has 0 saturated carbocycles. The van der Waals surface area contributed by atoms with E-state index < -0.39 is 5.91 Å². The van der Waals surface area contributed by atoms with Gasteiger partial charge in [0.1, 0.15) is 5.75 Å². The van der Waals surface area contributed by atoms with Gasteiger partial charge in [0.15, 0.2) is 0 Å². The molecule has 0 saturated heterocycles. The van der Waals surface area contributed by atoms with Gasteiger partial charge in [-0.3, -0.25) is 9.59 Å². The van der Waals surface area contributed by atoms with Gasteiger partial charge in [-0.1, -0.05) is 13.0 Å². The van der Waals surface area contributed by atoms with Crippen LogP contribution in [0.25, 0.3) is 0 Å². The van der Waals surface area contributed by atoms with E-state index in [1.54, 1.807) is 42.5 Å². The average molecular weight is 312 g/mol. The number of benzene rings is 2. The Hall–Kier alpha value is -2.82. The Bertz CT molecular complexity index is 696. The number of rotatable bonds is 6. The van der Waals surface area contributed by atoms with E-state index in [-0.39, 0.29) is 12.0 Å². The second kappa shape index (κ2) is 7.45. The molecule has 0 spiro atoms. The van der Waals surface area contributed by atoms with Crippen LogP contribution in [0.5, 0.6) is 5.75 Å². The van der Waals surface area contributed by atoms with E-state index in [1.165, 1.54) is 0 Å². The summed E-state index contributed by atoms with van der Waals surface area (Å²) in [4.78, 5) is 23.3. The Balaban J connectivity index is 2.08. The fraction of sp³-hybridized carbons (Fsp3) is 0.222. The molecule has 120 valence electrons. The van der Waals surface area contributed by atoms with Crippen LogP contribution in [-0.4, -0.2) is 17.9 Å². The molecular formula is C18H20N2O3. The summed E-state index contributed by atoms with van der Waals surface area (Å²) in [5.74, 6) is -0.0831. The first-order chi connectivity index (χ1) is 11.0. The van der Waals surface area contributed by atoms with Crippen molar-refractivity contribution in [1.29, 1.82) is 0 Å². The first-order valence-electron chi connectivity index (χ1n) is 7.47. The van der Waals surface area contributed by atoms with E-state index in [1.807, 2.05) is 19.9 Å². The zero-order valence-corrected chi connectivity index (χ0v) is 13.2. The number of primary amides is 1. The molecule has 0 heterocycles. The number of anilines is 1. The molecule has 0 aromatic heterocycles. The Kier molecular flexibility index (Phi) is 5.36. The maximum atomic E-state index is 12.3. The molecule has 2 aromatic carbocycles. The lowest BCUT2D eigenvalue weighted by molar-refractivity contribution is 0.0998. The molecule has 2 aromatic rings. The van der Waals surface area contributed by atoms with Gasteiger partial charge in [0, 0.05) is 16.8 Å². The molecule has 0 radical (unpaired) electrons. The van der Waals surface area contributed by atoms with Crippen LogP contribution in [0.3, 0.4) is 0 Å². The number of nitrogens with two attached hydrogens (primary N) is 1. The highest BCUT2D eigenvalue weighted by molar-refractivity contribution is 6.04. The third-order valence-corrected chi connectivity index (χ3v) is 3.44. The lowest BCUT2D eigenvalue weighted by Crippen LogP contribution is -2.14. The third kappa shape index (κ3) is 4.57. The zero-order valence-electron chi connectivity index (χ0n) is 13.2. The maximum absolute atomic E-state index is 12.3. The molecular weight excluding hydrogens is 292 g/mol. The number of hydrogen-bond donors (Lipinski definition) is 2. The van der Waals surface area contributed by atoms with Crippen molar-refractivity contribution in [3.05, 3.63) is 59.7 Å². The number of hydrogen-bond acceptors (Lipinski definition) is 3. The summed E-state index contributed by atoms with van der Waals surface area (Å²) in [6, 6.07) is 13.4. The standard InChI is InChI=1S/C18H20N2O3/c1-3-12(2)23-16-6-4-5-14(11-16)18(22)20-15-9-7-13(8-10-15)17(19)21/h4-12H,3H2,1-2H3,(H2,19,21)(H,20,22). The highest BCUT2D eigenvalue weighted by Crippen LogP contribution is 2.17. The first kappa shape index (κ1) is 16.5. The molecule has 5 heteroatoms. The van der Waals surface area contributed by atoms with E-state index in [0.29, 0.717) is 22.6 Å². The fourth-order valence-electron chi connectivity index (χ4n) is 1.95. The minimum Gasteiger partial charge on any atom is -0.491 e. The van der Waals surface area contributed by atoms with Crippen LogP contribution in [0.1, 0.15) is 41.0 Å². The average Bonchev–Trinajstić information content (AvgIpc) is 2.55. The highest BCUT2D eigenvalue weighted by Gasteiger charge is 2.09. The van der Waals surface area contributed by atoms with Gasteiger partial charge < -0.3 is 15.8 Å². The minimum absolute atomic E-state index is 0.0923. The molecule has 0 aliphatic rings. The van der Waals surface area contributed by atoms with Crippen LogP contribution in [0.15, 0.2) is 48.5 Å².